The van der Waals surface area contributed by atoms with Gasteiger partial charge in [-0.1, -0.05) is 17.7 Å². The van der Waals surface area contributed by atoms with Crippen molar-refractivity contribution >= 4 is 41.5 Å². The molecule has 0 unspecified atom stereocenters. The summed E-state index contributed by atoms with van der Waals surface area (Å²) in [5.74, 6) is -0.311. The van der Waals surface area contributed by atoms with E-state index in [9.17, 15) is 9.18 Å². The number of ether oxygens (including phenoxy) is 1. The molecule has 2 N–H and O–H groups in total. The second-order valence-electron chi connectivity index (χ2n) is 6.48. The number of piperidine rings is 1. The van der Waals surface area contributed by atoms with Crippen LogP contribution in [-0.4, -0.2) is 36.6 Å². The van der Waals surface area contributed by atoms with Crippen molar-refractivity contribution in [2.75, 3.05) is 19.7 Å². The van der Waals surface area contributed by atoms with Gasteiger partial charge in [0.05, 0.1) is 12.0 Å². The fourth-order valence-corrected chi connectivity index (χ4v) is 3.94. The van der Waals surface area contributed by atoms with E-state index < -0.39 is 0 Å². The summed E-state index contributed by atoms with van der Waals surface area (Å²) in [4.78, 5) is 13.8. The third kappa shape index (κ3) is 4.59. The van der Waals surface area contributed by atoms with Crippen LogP contribution in [0.4, 0.5) is 4.39 Å². The Hall–Kier alpha value is -0.440. The van der Waals surface area contributed by atoms with Gasteiger partial charge in [0, 0.05) is 18.2 Å². The highest BCUT2D eigenvalue weighted by Gasteiger charge is 2.39. The van der Waals surface area contributed by atoms with E-state index in [1.54, 1.807) is 6.07 Å². The van der Waals surface area contributed by atoms with Crippen molar-refractivity contribution in [3.05, 3.63) is 34.6 Å². The van der Waals surface area contributed by atoms with E-state index in [0.29, 0.717) is 17.5 Å². The molecule has 4 nitrogen and oxygen atoms in total. The van der Waals surface area contributed by atoms with Crippen LogP contribution >= 0.6 is 35.6 Å². The molecule has 2 heterocycles. The first-order valence-corrected chi connectivity index (χ1v) is 8.49. The molecule has 1 aromatic rings. The molecule has 3 rings (SSSR count). The van der Waals surface area contributed by atoms with Gasteiger partial charge in [0.15, 0.2) is 0 Å². The lowest BCUT2D eigenvalue weighted by Crippen LogP contribution is -2.41. The number of halogens is 3. The molecular weight excluding hydrogens is 446 g/mol. The molecule has 2 aliphatic rings. The largest absolute Gasteiger partial charge is 0.377 e. The van der Waals surface area contributed by atoms with Gasteiger partial charge in [0.2, 0.25) is 5.91 Å². The van der Waals surface area contributed by atoms with Crippen LogP contribution in [0.2, 0.25) is 5.02 Å². The van der Waals surface area contributed by atoms with E-state index >= 15 is 0 Å². The molecule has 1 aromatic carbocycles. The maximum atomic E-state index is 13.1. The number of primary amides is 1. The fraction of sp³-hybridized carbons (Fsp3) is 0.588. The molecule has 0 aromatic heterocycles. The predicted molar refractivity (Wildman–Crippen MR) is 102 cm³/mol. The van der Waals surface area contributed by atoms with Gasteiger partial charge in [0.25, 0.3) is 0 Å². The van der Waals surface area contributed by atoms with Crippen LogP contribution in [-0.2, 0) is 16.1 Å². The number of amides is 1. The zero-order chi connectivity index (χ0) is 16.4. The number of carbonyl (C=O) groups excluding carboxylic acids is 1. The van der Waals surface area contributed by atoms with E-state index in [0.717, 1.165) is 44.5 Å². The van der Waals surface area contributed by atoms with Gasteiger partial charge in [-0.2, -0.15) is 0 Å². The third-order valence-corrected chi connectivity index (χ3v) is 5.36. The standard InChI is InChI=1S/C17H22ClFN2O2.HI/c18-15-9-13(19)2-1-12(15)10-21-6-3-11(4-7-21)16-14(17(20)22)5-8-23-16;/h1-2,9,11,14,16H,3-8,10H2,(H2,20,22);1H/t14-,16+;/m0./s1. The fourth-order valence-electron chi connectivity index (χ4n) is 3.71. The van der Waals surface area contributed by atoms with Crippen molar-refractivity contribution in [3.63, 3.8) is 0 Å². The summed E-state index contributed by atoms with van der Waals surface area (Å²) >= 11 is 6.10. The minimum atomic E-state index is -0.312. The Bertz CT molecular complexity index is 582. The molecule has 2 saturated heterocycles. The lowest BCUT2D eigenvalue weighted by atomic mass is 9.84. The van der Waals surface area contributed by atoms with Crippen molar-refractivity contribution in [1.29, 1.82) is 0 Å². The first-order valence-electron chi connectivity index (χ1n) is 8.12. The van der Waals surface area contributed by atoms with Crippen molar-refractivity contribution in [2.24, 2.45) is 17.6 Å². The molecule has 0 aliphatic carbocycles. The summed E-state index contributed by atoms with van der Waals surface area (Å²) in [5.41, 5.74) is 6.42. The van der Waals surface area contributed by atoms with Crippen LogP contribution in [0.1, 0.15) is 24.8 Å². The predicted octanol–water partition coefficient (Wildman–Crippen LogP) is 3.20. The van der Waals surface area contributed by atoms with Crippen LogP contribution in [0.25, 0.3) is 0 Å². The second-order valence-corrected chi connectivity index (χ2v) is 6.89. The highest BCUT2D eigenvalue weighted by molar-refractivity contribution is 14.0. The third-order valence-electron chi connectivity index (χ3n) is 5.01. The average molecular weight is 469 g/mol. The molecule has 0 spiro atoms. The Labute approximate surface area is 163 Å². The number of hydrogen-bond donors (Lipinski definition) is 1. The lowest BCUT2D eigenvalue weighted by molar-refractivity contribution is -0.124. The van der Waals surface area contributed by atoms with Gasteiger partial charge in [0.1, 0.15) is 5.82 Å². The summed E-state index contributed by atoms with van der Waals surface area (Å²) in [7, 11) is 0. The number of rotatable bonds is 4. The van der Waals surface area contributed by atoms with Gasteiger partial charge in [-0.25, -0.2) is 4.39 Å². The smallest absolute Gasteiger partial charge is 0.223 e. The van der Waals surface area contributed by atoms with Gasteiger partial charge >= 0.3 is 0 Å². The molecule has 0 saturated carbocycles. The van der Waals surface area contributed by atoms with Gasteiger partial charge in [-0.15, -0.1) is 24.0 Å². The summed E-state index contributed by atoms with van der Waals surface area (Å²) in [6.07, 6.45) is 2.68. The molecule has 0 radical (unpaired) electrons. The van der Waals surface area contributed by atoms with Gasteiger partial charge in [-0.3, -0.25) is 9.69 Å². The van der Waals surface area contributed by atoms with E-state index in [-0.39, 0.29) is 47.7 Å². The second kappa shape index (κ2) is 8.78. The number of benzene rings is 1. The van der Waals surface area contributed by atoms with Crippen molar-refractivity contribution < 1.29 is 13.9 Å². The van der Waals surface area contributed by atoms with E-state index in [1.807, 2.05) is 0 Å². The average Bonchev–Trinajstić information content (AvgIpc) is 3.00. The molecule has 2 atom stereocenters. The molecule has 134 valence electrons. The molecule has 24 heavy (non-hydrogen) atoms. The number of carbonyl (C=O) groups is 1. The topological polar surface area (TPSA) is 55.6 Å². The van der Waals surface area contributed by atoms with Crippen molar-refractivity contribution in [3.8, 4) is 0 Å². The first-order chi connectivity index (χ1) is 11.0. The summed E-state index contributed by atoms with van der Waals surface area (Å²) in [6.45, 7) is 3.19. The Kier molecular flexibility index (Phi) is 7.27. The van der Waals surface area contributed by atoms with Crippen molar-refractivity contribution in [2.45, 2.75) is 31.9 Å². The number of nitrogens with zero attached hydrogens (tertiary/aromatic N) is 1. The molecule has 2 fully saturated rings. The van der Waals surface area contributed by atoms with Gasteiger partial charge in [-0.05, 0) is 56.0 Å². The van der Waals surface area contributed by atoms with E-state index in [2.05, 4.69) is 4.90 Å². The van der Waals surface area contributed by atoms with Crippen LogP contribution in [0.3, 0.4) is 0 Å². The Morgan fingerprint density at radius 1 is 1.33 bits per heavy atom. The first kappa shape index (κ1) is 19.9. The molecule has 0 bridgehead atoms. The minimum Gasteiger partial charge on any atom is -0.377 e. The number of hydrogen-bond acceptors (Lipinski definition) is 3. The Balaban J connectivity index is 0.00000208. The molecule has 2 aliphatic heterocycles. The zero-order valence-electron chi connectivity index (χ0n) is 13.4. The summed E-state index contributed by atoms with van der Waals surface area (Å²) in [5, 5.41) is 0.472. The van der Waals surface area contributed by atoms with Crippen molar-refractivity contribution in [1.82, 2.24) is 4.90 Å². The van der Waals surface area contributed by atoms with Crippen LogP contribution < -0.4 is 5.73 Å². The lowest BCUT2D eigenvalue weighted by Gasteiger charge is -2.35. The number of nitrogens with two attached hydrogens (primary N) is 1. The maximum Gasteiger partial charge on any atom is 0.223 e. The molecule has 7 heteroatoms. The quantitative estimate of drug-likeness (QED) is 0.691. The zero-order valence-corrected chi connectivity index (χ0v) is 16.5. The van der Waals surface area contributed by atoms with E-state index in [1.165, 1.54) is 12.1 Å². The summed E-state index contributed by atoms with van der Waals surface area (Å²) in [6, 6.07) is 4.54. The Morgan fingerprint density at radius 3 is 2.67 bits per heavy atom. The van der Waals surface area contributed by atoms with Crippen LogP contribution in [0.5, 0.6) is 0 Å². The van der Waals surface area contributed by atoms with Crippen LogP contribution in [0.15, 0.2) is 18.2 Å². The minimum absolute atomic E-state index is 0. The van der Waals surface area contributed by atoms with E-state index in [4.69, 9.17) is 22.1 Å². The van der Waals surface area contributed by atoms with Gasteiger partial charge < -0.3 is 10.5 Å². The highest BCUT2D eigenvalue weighted by Crippen LogP contribution is 2.33. The SMILES string of the molecule is I.NC(=O)[C@H]1CCO[C@@H]1C1CCN(Cc2ccc(F)cc2Cl)CC1. The maximum absolute atomic E-state index is 13.1. The van der Waals surface area contributed by atoms with Crippen LogP contribution in [0, 0.1) is 17.7 Å². The molecule has 1 amide bonds. The highest BCUT2D eigenvalue weighted by atomic mass is 127. The Morgan fingerprint density at radius 2 is 2.04 bits per heavy atom. The number of likely N-dealkylation sites (tertiary alicyclic amines) is 1. The summed E-state index contributed by atoms with van der Waals surface area (Å²) < 4.78 is 18.9. The molecular formula is C17H23ClFIN2O2. The monoisotopic (exact) mass is 468 g/mol. The normalized spacial score (nSPS) is 25.4.